The molecular weight excluding hydrogens is 838 g/mol. The number of benzene rings is 2. The van der Waals surface area contributed by atoms with Gasteiger partial charge in [-0.3, -0.25) is 9.59 Å². The second kappa shape index (κ2) is 20.5. The van der Waals surface area contributed by atoms with Crippen LogP contribution in [-0.2, 0) is 34.9 Å². The Morgan fingerprint density at radius 2 is 1.53 bits per heavy atom. The van der Waals surface area contributed by atoms with Crippen molar-refractivity contribution in [3.63, 3.8) is 0 Å². The fraction of sp³-hybridized carbons (Fsp3) is 0.231. The standard InChI is InChI=1S/C19H14F4N6O2.C12H10F3N5O2.C8H5F/c1-18(31,10-29-9-16(27-28-29)11-2-4-12(20)5-3-11)17(30)26-13-6-14(19(21,22)23)15(7-24)25-8-13;1-11(22,6-19-20-16)9(21)4-7-3-8(12(13,14)15)10(17-2)18-5-7;1-2-7-3-5-8(9)6-4-7/h2-6,8-9,31H,10H2,1H3,(H,26,30);3,5,22H,4,6H2,1H3;1,3-6H/t18-;11-;/m00./s1. The van der Waals surface area contributed by atoms with Gasteiger partial charge in [0.1, 0.15) is 35.2 Å². The lowest BCUT2D eigenvalue weighted by atomic mass is 9.95. The number of nitriles is 1. The molecule has 2 aromatic carbocycles. The minimum absolute atomic E-state index is 0.106. The van der Waals surface area contributed by atoms with Crippen LogP contribution in [0.3, 0.4) is 0 Å². The van der Waals surface area contributed by atoms with E-state index in [0.717, 1.165) is 30.9 Å². The average Bonchev–Trinajstić information content (AvgIpc) is 3.68. The number of alkyl halides is 6. The van der Waals surface area contributed by atoms with Crippen molar-refractivity contribution in [2.45, 2.75) is 50.4 Å². The predicted octanol–water partition coefficient (Wildman–Crippen LogP) is 7.39. The second-order valence-corrected chi connectivity index (χ2v) is 13.0. The number of nitrogens with one attached hydrogen (secondary N) is 1. The van der Waals surface area contributed by atoms with Gasteiger partial charge in [0, 0.05) is 28.0 Å². The number of carbonyl (C=O) groups excluding carboxylic acids is 2. The Kier molecular flexibility index (Phi) is 16.0. The molecule has 3 N–H and O–H groups in total. The van der Waals surface area contributed by atoms with Crippen molar-refractivity contribution in [2.24, 2.45) is 5.11 Å². The topological polar surface area (TPSA) is 220 Å². The van der Waals surface area contributed by atoms with Crippen LogP contribution in [-0.4, -0.2) is 64.6 Å². The Morgan fingerprint density at radius 3 is 2.06 bits per heavy atom. The van der Waals surface area contributed by atoms with Crippen LogP contribution in [0.4, 0.5) is 46.6 Å². The van der Waals surface area contributed by atoms with E-state index in [1.807, 2.05) is 0 Å². The summed E-state index contributed by atoms with van der Waals surface area (Å²) in [4.78, 5) is 36.1. The molecule has 0 radical (unpaired) electrons. The number of Topliss-reactive ketones (excluding diaryl/α,β-unsaturated/α-hetero) is 1. The van der Waals surface area contributed by atoms with E-state index in [0.29, 0.717) is 29.0 Å². The number of aromatic nitrogens is 5. The zero-order valence-corrected chi connectivity index (χ0v) is 31.9. The highest BCUT2D eigenvalue weighted by molar-refractivity contribution is 5.96. The van der Waals surface area contributed by atoms with Gasteiger partial charge in [-0.2, -0.15) is 31.6 Å². The van der Waals surface area contributed by atoms with E-state index in [1.54, 1.807) is 12.1 Å². The molecule has 320 valence electrons. The number of azide groups is 1. The highest BCUT2D eigenvalue weighted by Crippen LogP contribution is 2.36. The maximum absolute atomic E-state index is 13.0. The Labute approximate surface area is 345 Å². The van der Waals surface area contributed by atoms with Gasteiger partial charge in [-0.15, -0.1) is 16.5 Å². The summed E-state index contributed by atoms with van der Waals surface area (Å²) in [6.07, 6.45) is -1.88. The summed E-state index contributed by atoms with van der Waals surface area (Å²) in [6.45, 7) is 7.98. The summed E-state index contributed by atoms with van der Waals surface area (Å²) in [6, 6.07) is 13.8. The Hall–Kier alpha value is -7.77. The molecule has 0 saturated carbocycles. The van der Waals surface area contributed by atoms with E-state index < -0.39 is 76.7 Å². The molecule has 23 heteroatoms. The number of carbonyl (C=O) groups is 2. The molecule has 5 aromatic rings. The number of hydrogen-bond acceptors (Lipinski definition) is 10. The molecule has 15 nitrogen and oxygen atoms in total. The van der Waals surface area contributed by atoms with Crippen LogP contribution in [0.15, 0.2) is 84.4 Å². The van der Waals surface area contributed by atoms with Gasteiger partial charge >= 0.3 is 12.4 Å². The van der Waals surface area contributed by atoms with Crippen LogP contribution in [0, 0.1) is 41.9 Å². The molecule has 2 atom stereocenters. The molecule has 0 aliphatic carbocycles. The molecule has 0 aliphatic rings. The van der Waals surface area contributed by atoms with Crippen molar-refractivity contribution < 1.29 is 54.9 Å². The summed E-state index contributed by atoms with van der Waals surface area (Å²) >= 11 is 0. The molecule has 0 spiro atoms. The van der Waals surface area contributed by atoms with Crippen LogP contribution in [0.5, 0.6) is 0 Å². The first-order valence-corrected chi connectivity index (χ1v) is 17.0. The van der Waals surface area contributed by atoms with Crippen molar-refractivity contribution in [1.82, 2.24) is 25.0 Å². The van der Waals surface area contributed by atoms with Gasteiger partial charge in [0.05, 0.1) is 42.3 Å². The third-order valence-corrected chi connectivity index (χ3v) is 7.95. The number of ketones is 1. The summed E-state index contributed by atoms with van der Waals surface area (Å²) in [5.41, 5.74) is 1.85. The third kappa shape index (κ3) is 13.9. The van der Waals surface area contributed by atoms with Crippen LogP contribution >= 0.6 is 0 Å². The van der Waals surface area contributed by atoms with Crippen LogP contribution < -0.4 is 5.32 Å². The summed E-state index contributed by atoms with van der Waals surface area (Å²) in [5, 5.41) is 42.0. The lowest BCUT2D eigenvalue weighted by Gasteiger charge is -2.22. The Balaban J connectivity index is 0.000000285. The third-order valence-electron chi connectivity index (χ3n) is 7.95. The van der Waals surface area contributed by atoms with E-state index in [-0.39, 0.29) is 23.6 Å². The minimum Gasteiger partial charge on any atom is -0.382 e. The van der Waals surface area contributed by atoms with Crippen LogP contribution in [0.25, 0.3) is 26.5 Å². The number of anilines is 1. The fourth-order valence-electron chi connectivity index (χ4n) is 4.69. The predicted molar refractivity (Wildman–Crippen MR) is 202 cm³/mol. The number of terminal acetylenes is 1. The molecule has 62 heavy (non-hydrogen) atoms. The SMILES string of the molecule is C#Cc1ccc(F)cc1.C[C@](O)(Cn1cc(-c2ccc(F)cc2)nn1)C(=O)Nc1cnc(C#N)c(C(F)(F)F)c1.[C-]#[N+]c1ncc(CC(=O)[C@@](C)(O)CN=[N+]=[N-])cc1C(F)(F)F. The van der Waals surface area contributed by atoms with E-state index in [2.05, 4.69) is 46.4 Å². The van der Waals surface area contributed by atoms with Gasteiger partial charge in [-0.25, -0.2) is 18.4 Å². The normalized spacial score (nSPS) is 12.7. The number of rotatable bonds is 10. The largest absolute Gasteiger partial charge is 0.419 e. The number of amides is 1. The number of nitrogens with zero attached hydrogens (tertiary/aromatic N) is 10. The quantitative estimate of drug-likeness (QED) is 0.0318. The minimum atomic E-state index is -4.85. The monoisotopic (exact) mass is 867 g/mol. The maximum Gasteiger partial charge on any atom is 0.419 e. The van der Waals surface area contributed by atoms with Gasteiger partial charge in [0.2, 0.25) is 0 Å². The van der Waals surface area contributed by atoms with Crippen molar-refractivity contribution in [3.05, 3.63) is 141 Å². The molecule has 0 unspecified atom stereocenters. The van der Waals surface area contributed by atoms with E-state index in [1.165, 1.54) is 48.7 Å². The Bertz CT molecular complexity index is 2570. The number of halogens is 8. The van der Waals surface area contributed by atoms with E-state index in [9.17, 15) is 54.9 Å². The average molecular weight is 868 g/mol. The van der Waals surface area contributed by atoms with Gasteiger partial charge in [0.25, 0.3) is 11.7 Å². The summed E-state index contributed by atoms with van der Waals surface area (Å²) in [7, 11) is 0. The highest BCUT2D eigenvalue weighted by Gasteiger charge is 2.37. The highest BCUT2D eigenvalue weighted by atomic mass is 19.4. The van der Waals surface area contributed by atoms with Gasteiger partial charge in [0.15, 0.2) is 17.1 Å². The van der Waals surface area contributed by atoms with Crippen molar-refractivity contribution >= 4 is 23.2 Å². The summed E-state index contributed by atoms with van der Waals surface area (Å²) < 4.78 is 104. The van der Waals surface area contributed by atoms with Gasteiger partial charge < -0.3 is 20.4 Å². The van der Waals surface area contributed by atoms with Crippen LogP contribution in [0.2, 0.25) is 0 Å². The number of hydrogen-bond donors (Lipinski definition) is 3. The number of pyridine rings is 2. The summed E-state index contributed by atoms with van der Waals surface area (Å²) in [5.74, 6) is -0.963. The van der Waals surface area contributed by atoms with Gasteiger partial charge in [-0.1, -0.05) is 28.9 Å². The lowest BCUT2D eigenvalue weighted by molar-refractivity contribution is -0.138. The molecule has 0 aliphatic heterocycles. The van der Waals surface area contributed by atoms with Crippen molar-refractivity contribution in [3.8, 4) is 29.7 Å². The molecule has 0 fully saturated rings. The first-order chi connectivity index (χ1) is 28.9. The molecule has 0 saturated heterocycles. The molecular formula is C39H29F8N11O4. The van der Waals surface area contributed by atoms with E-state index >= 15 is 0 Å². The molecule has 3 aromatic heterocycles. The second-order valence-electron chi connectivity index (χ2n) is 13.0. The van der Waals surface area contributed by atoms with Crippen molar-refractivity contribution in [2.75, 3.05) is 11.9 Å². The van der Waals surface area contributed by atoms with Gasteiger partial charge in [-0.05, 0) is 74.0 Å². The van der Waals surface area contributed by atoms with E-state index in [4.69, 9.17) is 23.8 Å². The fourth-order valence-corrected chi connectivity index (χ4v) is 4.69. The molecule has 1 amide bonds. The first kappa shape index (κ1) is 48.6. The zero-order valence-electron chi connectivity index (χ0n) is 31.9. The maximum atomic E-state index is 13.0. The van der Waals surface area contributed by atoms with Crippen LogP contribution in [0.1, 0.15) is 41.8 Å². The lowest BCUT2D eigenvalue weighted by Crippen LogP contribution is -2.44. The Morgan fingerprint density at radius 1 is 0.935 bits per heavy atom. The zero-order chi connectivity index (χ0) is 46.5. The molecule has 5 rings (SSSR count). The molecule has 3 heterocycles. The number of aliphatic hydroxyl groups is 2. The van der Waals surface area contributed by atoms with Crippen molar-refractivity contribution in [1.29, 1.82) is 5.26 Å². The smallest absolute Gasteiger partial charge is 0.382 e. The first-order valence-electron chi connectivity index (χ1n) is 17.0. The molecule has 0 bridgehead atoms.